The molecule has 1 aliphatic rings. The first-order valence-electron chi connectivity index (χ1n) is 5.56. The number of hydrogen-bond donors (Lipinski definition) is 0. The van der Waals surface area contributed by atoms with E-state index in [2.05, 4.69) is 37.1 Å². The van der Waals surface area contributed by atoms with Gasteiger partial charge in [-0.15, -0.1) is 11.3 Å². The monoisotopic (exact) mass is 225 g/mol. The first kappa shape index (κ1) is 11.1. The van der Waals surface area contributed by atoms with E-state index in [4.69, 9.17) is 4.74 Å². The van der Waals surface area contributed by atoms with Crippen molar-refractivity contribution in [2.75, 3.05) is 13.1 Å². The van der Waals surface area contributed by atoms with E-state index in [9.17, 15) is 0 Å². The van der Waals surface area contributed by atoms with Crippen LogP contribution in [0.2, 0.25) is 0 Å². The van der Waals surface area contributed by atoms with Crippen molar-refractivity contribution in [2.45, 2.75) is 39.5 Å². The molecule has 0 spiro atoms. The van der Waals surface area contributed by atoms with Crippen molar-refractivity contribution in [1.82, 2.24) is 4.90 Å². The van der Waals surface area contributed by atoms with E-state index in [1.807, 2.05) is 11.3 Å². The Morgan fingerprint density at radius 1 is 1.40 bits per heavy atom. The largest absolute Gasteiger partial charge is 0.373 e. The molecular weight excluding hydrogens is 206 g/mol. The predicted molar refractivity (Wildman–Crippen MR) is 64.3 cm³/mol. The summed E-state index contributed by atoms with van der Waals surface area (Å²) < 4.78 is 5.73. The third-order valence-electron chi connectivity index (χ3n) is 2.83. The van der Waals surface area contributed by atoms with Crippen molar-refractivity contribution < 1.29 is 4.74 Å². The lowest BCUT2D eigenvalue weighted by Crippen LogP contribution is -2.44. The van der Waals surface area contributed by atoms with Crippen LogP contribution in [0.1, 0.15) is 24.3 Å². The van der Waals surface area contributed by atoms with Crippen LogP contribution in [0.4, 0.5) is 0 Å². The Morgan fingerprint density at radius 2 is 2.07 bits per heavy atom. The number of rotatable bonds is 2. The van der Waals surface area contributed by atoms with Gasteiger partial charge in [-0.2, -0.15) is 0 Å². The molecule has 15 heavy (non-hydrogen) atoms. The second-order valence-electron chi connectivity index (χ2n) is 4.48. The molecular formula is C12H19NOS. The molecule has 0 aromatic carbocycles. The van der Waals surface area contributed by atoms with E-state index in [1.54, 1.807) is 0 Å². The summed E-state index contributed by atoms with van der Waals surface area (Å²) in [5, 5.41) is 2.18. The van der Waals surface area contributed by atoms with Crippen LogP contribution in [0.15, 0.2) is 11.4 Å². The molecule has 2 nitrogen and oxygen atoms in total. The summed E-state index contributed by atoms with van der Waals surface area (Å²) >= 11 is 1.86. The molecule has 0 radical (unpaired) electrons. The average molecular weight is 225 g/mol. The Morgan fingerprint density at radius 3 is 2.60 bits per heavy atom. The molecule has 0 aliphatic carbocycles. The zero-order valence-corrected chi connectivity index (χ0v) is 10.5. The summed E-state index contributed by atoms with van der Waals surface area (Å²) in [4.78, 5) is 3.99. The van der Waals surface area contributed by atoms with Gasteiger partial charge in [0, 0.05) is 24.5 Å². The average Bonchev–Trinajstić information content (AvgIpc) is 2.50. The zero-order valence-electron chi connectivity index (χ0n) is 9.69. The highest BCUT2D eigenvalue weighted by molar-refractivity contribution is 7.10. The molecule has 2 rings (SSSR count). The third kappa shape index (κ3) is 2.80. The molecule has 0 amide bonds. The second-order valence-corrected chi connectivity index (χ2v) is 5.48. The first-order valence-corrected chi connectivity index (χ1v) is 6.44. The first-order chi connectivity index (χ1) is 7.15. The highest BCUT2D eigenvalue weighted by Crippen LogP contribution is 2.20. The van der Waals surface area contributed by atoms with Crippen molar-refractivity contribution in [3.63, 3.8) is 0 Å². The van der Waals surface area contributed by atoms with Crippen molar-refractivity contribution in [3.05, 3.63) is 21.9 Å². The van der Waals surface area contributed by atoms with Gasteiger partial charge in [-0.05, 0) is 37.8 Å². The van der Waals surface area contributed by atoms with Gasteiger partial charge in [0.05, 0.1) is 12.2 Å². The fourth-order valence-corrected chi connectivity index (χ4v) is 3.13. The van der Waals surface area contributed by atoms with E-state index in [1.165, 1.54) is 10.4 Å². The van der Waals surface area contributed by atoms with Crippen LogP contribution < -0.4 is 0 Å². The maximum absolute atomic E-state index is 5.73. The molecule has 0 N–H and O–H groups in total. The SMILES string of the molecule is Cc1ccsc1CN1CC(C)OC(C)C1. The number of morpholine rings is 1. The van der Waals surface area contributed by atoms with Crippen molar-refractivity contribution in [3.8, 4) is 0 Å². The van der Waals surface area contributed by atoms with Crippen LogP contribution >= 0.6 is 11.3 Å². The van der Waals surface area contributed by atoms with Crippen LogP contribution in [-0.2, 0) is 11.3 Å². The van der Waals surface area contributed by atoms with Crippen LogP contribution in [0.5, 0.6) is 0 Å². The quantitative estimate of drug-likeness (QED) is 0.767. The highest BCUT2D eigenvalue weighted by atomic mass is 32.1. The standard InChI is InChI=1S/C12H19NOS/c1-9-4-5-15-12(9)8-13-6-10(2)14-11(3)7-13/h4-5,10-11H,6-8H2,1-3H3. The van der Waals surface area contributed by atoms with Gasteiger partial charge in [-0.1, -0.05) is 0 Å². The van der Waals surface area contributed by atoms with Gasteiger partial charge in [-0.3, -0.25) is 4.90 Å². The minimum Gasteiger partial charge on any atom is -0.373 e. The summed E-state index contributed by atoms with van der Waals surface area (Å²) in [6, 6.07) is 2.20. The lowest BCUT2D eigenvalue weighted by Gasteiger charge is -2.35. The second kappa shape index (κ2) is 4.64. The van der Waals surface area contributed by atoms with Crippen LogP contribution in [0.3, 0.4) is 0 Å². The van der Waals surface area contributed by atoms with Crippen LogP contribution in [0, 0.1) is 6.92 Å². The third-order valence-corrected chi connectivity index (χ3v) is 3.84. The van der Waals surface area contributed by atoms with Gasteiger partial charge in [-0.25, -0.2) is 0 Å². The maximum Gasteiger partial charge on any atom is 0.0678 e. The summed E-state index contributed by atoms with van der Waals surface area (Å²) in [5.74, 6) is 0. The van der Waals surface area contributed by atoms with Crippen molar-refractivity contribution >= 4 is 11.3 Å². The topological polar surface area (TPSA) is 12.5 Å². The highest BCUT2D eigenvalue weighted by Gasteiger charge is 2.22. The fourth-order valence-electron chi connectivity index (χ4n) is 2.18. The molecule has 2 atom stereocenters. The van der Waals surface area contributed by atoms with Gasteiger partial charge in [0.15, 0.2) is 0 Å². The fraction of sp³-hybridized carbons (Fsp3) is 0.667. The van der Waals surface area contributed by atoms with E-state index in [0.29, 0.717) is 12.2 Å². The Kier molecular flexibility index (Phi) is 3.44. The van der Waals surface area contributed by atoms with Gasteiger partial charge in [0.1, 0.15) is 0 Å². The Hall–Kier alpha value is -0.380. The van der Waals surface area contributed by atoms with Crippen LogP contribution in [-0.4, -0.2) is 30.2 Å². The summed E-state index contributed by atoms with van der Waals surface area (Å²) in [7, 11) is 0. The molecule has 1 saturated heterocycles. The van der Waals surface area contributed by atoms with Crippen molar-refractivity contribution in [2.24, 2.45) is 0 Å². The van der Waals surface area contributed by atoms with E-state index in [-0.39, 0.29) is 0 Å². The molecule has 2 heterocycles. The molecule has 0 saturated carbocycles. The number of hydrogen-bond acceptors (Lipinski definition) is 3. The number of aryl methyl sites for hydroxylation is 1. The molecule has 1 aromatic heterocycles. The lowest BCUT2D eigenvalue weighted by atomic mass is 10.2. The van der Waals surface area contributed by atoms with E-state index in [0.717, 1.165) is 19.6 Å². The summed E-state index contributed by atoms with van der Waals surface area (Å²) in [6.45, 7) is 9.71. The summed E-state index contributed by atoms with van der Waals surface area (Å²) in [5.41, 5.74) is 1.42. The van der Waals surface area contributed by atoms with Gasteiger partial charge in [0.2, 0.25) is 0 Å². The Labute approximate surface area is 95.9 Å². The van der Waals surface area contributed by atoms with E-state index >= 15 is 0 Å². The Balaban J connectivity index is 1.97. The predicted octanol–water partition coefficient (Wildman–Crippen LogP) is 2.67. The molecule has 1 fully saturated rings. The number of nitrogens with zero attached hydrogens (tertiary/aromatic N) is 1. The van der Waals surface area contributed by atoms with Gasteiger partial charge in [0.25, 0.3) is 0 Å². The normalized spacial score (nSPS) is 28.2. The molecule has 3 heteroatoms. The number of ether oxygens (including phenoxy) is 1. The minimum atomic E-state index is 0.369. The molecule has 1 aromatic rings. The van der Waals surface area contributed by atoms with Crippen molar-refractivity contribution in [1.29, 1.82) is 0 Å². The smallest absolute Gasteiger partial charge is 0.0678 e. The molecule has 84 valence electrons. The minimum absolute atomic E-state index is 0.369. The molecule has 1 aliphatic heterocycles. The van der Waals surface area contributed by atoms with E-state index < -0.39 is 0 Å². The van der Waals surface area contributed by atoms with Gasteiger partial charge >= 0.3 is 0 Å². The van der Waals surface area contributed by atoms with Gasteiger partial charge < -0.3 is 4.74 Å². The maximum atomic E-state index is 5.73. The number of thiophene rings is 1. The lowest BCUT2D eigenvalue weighted by molar-refractivity contribution is -0.0702. The molecule has 2 unspecified atom stereocenters. The zero-order chi connectivity index (χ0) is 10.8. The molecule has 0 bridgehead atoms. The van der Waals surface area contributed by atoms with Crippen LogP contribution in [0.25, 0.3) is 0 Å². The summed E-state index contributed by atoms with van der Waals surface area (Å²) in [6.07, 6.45) is 0.739. The Bertz CT molecular complexity index is 313.